The third-order valence-corrected chi connectivity index (χ3v) is 2.63. The van der Waals surface area contributed by atoms with Crippen molar-refractivity contribution in [3.8, 4) is 0 Å². The van der Waals surface area contributed by atoms with E-state index in [2.05, 4.69) is 4.99 Å². The van der Waals surface area contributed by atoms with E-state index in [-0.39, 0.29) is 0 Å². The second-order valence-corrected chi connectivity index (χ2v) is 3.99. The molecule has 0 aromatic carbocycles. The first-order valence-corrected chi connectivity index (χ1v) is 5.22. The fourth-order valence-electron chi connectivity index (χ4n) is 1.47. The highest BCUT2D eigenvalue weighted by Gasteiger charge is 2.22. The van der Waals surface area contributed by atoms with E-state index in [0.717, 1.165) is 23.9 Å². The van der Waals surface area contributed by atoms with E-state index in [1.807, 2.05) is 11.9 Å². The molecule has 2 N–H and O–H groups in total. The third kappa shape index (κ3) is 2.70. The van der Waals surface area contributed by atoms with Crippen LogP contribution in [0.1, 0.15) is 12.8 Å². The van der Waals surface area contributed by atoms with Crippen LogP contribution in [0, 0.1) is 5.92 Å². The van der Waals surface area contributed by atoms with Gasteiger partial charge in [-0.1, -0.05) is 0 Å². The van der Waals surface area contributed by atoms with Gasteiger partial charge in [0.2, 0.25) is 0 Å². The molecule has 2 fully saturated rings. The molecule has 0 atom stereocenters. The van der Waals surface area contributed by atoms with Crippen LogP contribution >= 0.6 is 0 Å². The second-order valence-electron chi connectivity index (χ2n) is 3.99. The molecule has 1 heterocycles. The zero-order chi connectivity index (χ0) is 10.7. The molecule has 1 saturated heterocycles. The summed E-state index contributed by atoms with van der Waals surface area (Å²) >= 11 is 0. The molecule has 1 saturated carbocycles. The van der Waals surface area contributed by atoms with Crippen molar-refractivity contribution in [3.05, 3.63) is 11.9 Å². The summed E-state index contributed by atoms with van der Waals surface area (Å²) in [4.78, 5) is 16.4. The number of nitrogens with zero attached hydrogens (tertiary/aromatic N) is 2. The monoisotopic (exact) mass is 211 g/mol. The smallest absolute Gasteiger partial charge is 0.154 e. The molecule has 0 spiro atoms. The average molecular weight is 211 g/mol. The van der Waals surface area contributed by atoms with Gasteiger partial charge in [0, 0.05) is 19.8 Å². The Kier molecular flexibility index (Phi) is 3.23. The van der Waals surface area contributed by atoms with Crippen LogP contribution in [-0.2, 0) is 9.78 Å². The van der Waals surface area contributed by atoms with Gasteiger partial charge >= 0.3 is 0 Å². The SMILES string of the molecule is CN1COOCC(=NCC2CC2)C1=CN. The lowest BCUT2D eigenvalue weighted by Crippen LogP contribution is -2.24. The maximum absolute atomic E-state index is 5.58. The zero-order valence-electron chi connectivity index (χ0n) is 8.98. The van der Waals surface area contributed by atoms with Crippen LogP contribution in [0.25, 0.3) is 0 Å². The van der Waals surface area contributed by atoms with Crippen molar-refractivity contribution in [3.63, 3.8) is 0 Å². The van der Waals surface area contributed by atoms with Crippen LogP contribution < -0.4 is 5.73 Å². The minimum absolute atomic E-state index is 0.375. The van der Waals surface area contributed by atoms with Crippen molar-refractivity contribution < 1.29 is 9.78 Å². The van der Waals surface area contributed by atoms with Crippen molar-refractivity contribution >= 4 is 5.71 Å². The summed E-state index contributed by atoms with van der Waals surface area (Å²) in [5, 5.41) is 0. The second kappa shape index (κ2) is 4.63. The van der Waals surface area contributed by atoms with Gasteiger partial charge in [0.05, 0.1) is 11.4 Å². The molecule has 0 bridgehead atoms. The summed E-state index contributed by atoms with van der Waals surface area (Å²) < 4.78 is 0. The Morgan fingerprint density at radius 3 is 3.00 bits per heavy atom. The first-order valence-electron chi connectivity index (χ1n) is 5.22. The maximum atomic E-state index is 5.58. The Labute approximate surface area is 89.5 Å². The number of nitrogens with two attached hydrogens (primary N) is 1. The zero-order valence-corrected chi connectivity index (χ0v) is 8.98. The quantitative estimate of drug-likeness (QED) is 0.675. The number of hydrogen-bond acceptors (Lipinski definition) is 5. The molecule has 2 rings (SSSR count). The number of hydrogen-bond donors (Lipinski definition) is 1. The van der Waals surface area contributed by atoms with E-state index in [4.69, 9.17) is 15.5 Å². The summed E-state index contributed by atoms with van der Waals surface area (Å²) in [5.41, 5.74) is 7.36. The van der Waals surface area contributed by atoms with Crippen LogP contribution in [0.15, 0.2) is 16.9 Å². The van der Waals surface area contributed by atoms with Crippen molar-refractivity contribution in [2.75, 3.05) is 26.9 Å². The molecular formula is C10H17N3O2. The van der Waals surface area contributed by atoms with E-state index in [9.17, 15) is 0 Å². The van der Waals surface area contributed by atoms with Crippen molar-refractivity contribution in [1.82, 2.24) is 4.90 Å². The van der Waals surface area contributed by atoms with Gasteiger partial charge in [0.25, 0.3) is 0 Å². The molecule has 5 nitrogen and oxygen atoms in total. The number of rotatable bonds is 2. The molecule has 0 radical (unpaired) electrons. The molecule has 2 aliphatic rings. The fraction of sp³-hybridized carbons (Fsp3) is 0.700. The van der Waals surface area contributed by atoms with Crippen molar-refractivity contribution in [1.29, 1.82) is 0 Å². The standard InChI is InChI=1S/C10H17N3O2/c1-13-7-15-14-6-9(10(13)4-11)12-5-8-2-3-8/h4,8H,2-3,5-7,11H2,1H3. The summed E-state index contributed by atoms with van der Waals surface area (Å²) in [6, 6.07) is 0. The van der Waals surface area contributed by atoms with Crippen LogP contribution in [0.2, 0.25) is 0 Å². The normalized spacial score (nSPS) is 28.5. The van der Waals surface area contributed by atoms with Gasteiger partial charge in [0.15, 0.2) is 6.73 Å². The maximum Gasteiger partial charge on any atom is 0.154 e. The van der Waals surface area contributed by atoms with Crippen molar-refractivity contribution in [2.24, 2.45) is 16.6 Å². The van der Waals surface area contributed by atoms with E-state index in [0.29, 0.717) is 13.3 Å². The van der Waals surface area contributed by atoms with Gasteiger partial charge in [-0.15, -0.1) is 0 Å². The molecular weight excluding hydrogens is 194 g/mol. The highest BCUT2D eigenvalue weighted by Crippen LogP contribution is 2.29. The summed E-state index contributed by atoms with van der Waals surface area (Å²) in [6.45, 7) is 1.63. The Morgan fingerprint density at radius 2 is 2.33 bits per heavy atom. The minimum atomic E-state index is 0.375. The average Bonchev–Trinajstić information content (AvgIpc) is 3.03. The molecule has 0 aromatic heterocycles. The summed E-state index contributed by atoms with van der Waals surface area (Å²) in [6.07, 6.45) is 4.15. The van der Waals surface area contributed by atoms with Gasteiger partial charge in [-0.05, 0) is 18.8 Å². The summed E-state index contributed by atoms with van der Waals surface area (Å²) in [5.74, 6) is 0.769. The molecule has 15 heavy (non-hydrogen) atoms. The Hall–Kier alpha value is -1.07. The molecule has 1 aliphatic carbocycles. The van der Waals surface area contributed by atoms with Gasteiger partial charge in [-0.3, -0.25) is 4.99 Å². The van der Waals surface area contributed by atoms with E-state index < -0.39 is 0 Å². The van der Waals surface area contributed by atoms with Crippen LogP contribution in [0.4, 0.5) is 0 Å². The van der Waals surface area contributed by atoms with Crippen LogP contribution in [0.3, 0.4) is 0 Å². The van der Waals surface area contributed by atoms with E-state index >= 15 is 0 Å². The predicted octanol–water partition coefficient (Wildman–Crippen LogP) is 0.489. The predicted molar refractivity (Wildman–Crippen MR) is 57.0 cm³/mol. The minimum Gasteiger partial charge on any atom is -0.403 e. The highest BCUT2D eigenvalue weighted by atomic mass is 17.2. The molecule has 0 aromatic rings. The lowest BCUT2D eigenvalue weighted by Gasteiger charge is -2.17. The molecule has 0 amide bonds. The number of aliphatic imine (C=N–C) groups is 1. The van der Waals surface area contributed by atoms with Gasteiger partial charge in [-0.2, -0.15) is 0 Å². The van der Waals surface area contributed by atoms with Gasteiger partial charge in [0.1, 0.15) is 6.61 Å². The topological polar surface area (TPSA) is 60.1 Å². The molecule has 5 heteroatoms. The first kappa shape index (κ1) is 10.4. The van der Waals surface area contributed by atoms with E-state index in [1.54, 1.807) is 6.20 Å². The van der Waals surface area contributed by atoms with Crippen molar-refractivity contribution in [2.45, 2.75) is 12.8 Å². The van der Waals surface area contributed by atoms with Crippen LogP contribution in [0.5, 0.6) is 0 Å². The lowest BCUT2D eigenvalue weighted by molar-refractivity contribution is -0.295. The highest BCUT2D eigenvalue weighted by molar-refractivity contribution is 6.00. The Bertz CT molecular complexity index is 284. The third-order valence-electron chi connectivity index (χ3n) is 2.63. The molecule has 84 valence electrons. The molecule has 1 aliphatic heterocycles. The van der Waals surface area contributed by atoms with Gasteiger partial charge < -0.3 is 10.6 Å². The fourth-order valence-corrected chi connectivity index (χ4v) is 1.47. The van der Waals surface area contributed by atoms with E-state index in [1.165, 1.54) is 12.8 Å². The molecule has 0 unspecified atom stereocenters. The Balaban J connectivity index is 2.06. The largest absolute Gasteiger partial charge is 0.403 e. The lowest BCUT2D eigenvalue weighted by atomic mass is 10.2. The van der Waals surface area contributed by atoms with Gasteiger partial charge in [-0.25, -0.2) is 9.78 Å². The Morgan fingerprint density at radius 1 is 1.53 bits per heavy atom. The summed E-state index contributed by atoms with van der Waals surface area (Å²) in [7, 11) is 1.90. The van der Waals surface area contributed by atoms with Crippen LogP contribution in [-0.4, -0.2) is 37.5 Å². The first-order chi connectivity index (χ1) is 7.31.